The van der Waals surface area contributed by atoms with Gasteiger partial charge in [0.05, 0.1) is 5.52 Å². The number of hydrogen-bond acceptors (Lipinski definition) is 7. The number of guanidine groups is 1. The van der Waals surface area contributed by atoms with E-state index in [0.29, 0.717) is 30.9 Å². The third kappa shape index (κ3) is 5.94. The number of anilines is 1. The highest BCUT2D eigenvalue weighted by Crippen LogP contribution is 2.27. The number of aromatic nitrogens is 2. The third-order valence-corrected chi connectivity index (χ3v) is 5.39. The fraction of sp³-hybridized carbons (Fsp3) is 0.524. The van der Waals surface area contributed by atoms with Crippen molar-refractivity contribution in [1.82, 2.24) is 20.6 Å². The van der Waals surface area contributed by atoms with E-state index in [4.69, 9.17) is 15.7 Å². The number of amides is 1. The summed E-state index contributed by atoms with van der Waals surface area (Å²) in [6.45, 7) is 3.06. The molecule has 1 aliphatic carbocycles. The smallest absolute Gasteiger partial charge is 0.289 e. The minimum Gasteiger partial charge on any atom is -0.408 e. The highest BCUT2D eigenvalue weighted by Gasteiger charge is 2.27. The average molecular weight is 430 g/mol. The van der Waals surface area contributed by atoms with Crippen LogP contribution in [0.1, 0.15) is 48.3 Å². The molecule has 1 aromatic carbocycles. The number of nitrogens with one attached hydrogen (secondary N) is 3. The quantitative estimate of drug-likeness (QED) is 0.140. The molecule has 2 atom stereocenters. The molecule has 0 radical (unpaired) electrons. The Morgan fingerprint density at radius 1 is 1.29 bits per heavy atom. The molecule has 2 aromatic rings. The summed E-state index contributed by atoms with van der Waals surface area (Å²) in [6.07, 6.45) is 4.59. The maximum Gasteiger partial charge on any atom is 0.289 e. The highest BCUT2D eigenvalue weighted by atomic mass is 16.5. The average Bonchev–Trinajstić information content (AvgIpc) is 2.77. The van der Waals surface area contributed by atoms with Crippen LogP contribution in [0, 0.1) is 6.92 Å². The number of methoxy groups -OCH3 is 1. The summed E-state index contributed by atoms with van der Waals surface area (Å²) in [7, 11) is 1.63. The van der Waals surface area contributed by atoms with E-state index in [1.165, 1.54) is 0 Å². The van der Waals surface area contributed by atoms with E-state index in [9.17, 15) is 4.79 Å². The number of rotatable bonds is 8. The van der Waals surface area contributed by atoms with E-state index in [1.807, 2.05) is 25.1 Å². The van der Waals surface area contributed by atoms with Gasteiger partial charge in [-0.05, 0) is 38.3 Å². The molecule has 1 heterocycles. The Labute approximate surface area is 181 Å². The van der Waals surface area contributed by atoms with Gasteiger partial charge < -0.3 is 31.6 Å². The van der Waals surface area contributed by atoms with Crippen LogP contribution in [0.15, 0.2) is 23.4 Å². The minimum atomic E-state index is -0.323. The molecule has 0 spiro atoms. The molecular weight excluding hydrogens is 398 g/mol. The summed E-state index contributed by atoms with van der Waals surface area (Å²) in [5.41, 5.74) is 7.45. The molecule has 3 rings (SSSR count). The lowest BCUT2D eigenvalue weighted by molar-refractivity contribution is 0.0938. The fourth-order valence-electron chi connectivity index (χ4n) is 3.82. The molecule has 6 N–H and O–H groups in total. The molecule has 1 fully saturated rings. The normalized spacial score (nSPS) is 19.2. The van der Waals surface area contributed by atoms with Crippen LogP contribution in [-0.4, -0.2) is 59.4 Å². The number of ether oxygens (including phenoxy) is 1. The van der Waals surface area contributed by atoms with Crippen LogP contribution in [0.5, 0.6) is 0 Å². The second kappa shape index (κ2) is 10.8. The summed E-state index contributed by atoms with van der Waals surface area (Å²) >= 11 is 0. The SMILES string of the molecule is COCCCNC(=O)c1nc(N[C@H]2CCCC[C@H]2N/C(N)=N\O)c2cc(C)ccc2n1. The maximum absolute atomic E-state index is 12.6. The number of carbonyl (C=O) groups is 1. The Kier molecular flexibility index (Phi) is 7.82. The molecular formula is C21H31N7O3. The molecule has 10 nitrogen and oxygen atoms in total. The van der Waals surface area contributed by atoms with Gasteiger partial charge in [-0.3, -0.25) is 4.79 Å². The first-order valence-electron chi connectivity index (χ1n) is 10.6. The van der Waals surface area contributed by atoms with Gasteiger partial charge in [0.1, 0.15) is 5.82 Å². The largest absolute Gasteiger partial charge is 0.408 e. The van der Waals surface area contributed by atoms with Gasteiger partial charge in [-0.25, -0.2) is 9.97 Å². The molecule has 0 unspecified atom stereocenters. The van der Waals surface area contributed by atoms with Crippen molar-refractivity contribution in [3.63, 3.8) is 0 Å². The van der Waals surface area contributed by atoms with E-state index >= 15 is 0 Å². The lowest BCUT2D eigenvalue weighted by atomic mass is 9.90. The number of nitrogens with two attached hydrogens (primary N) is 1. The minimum absolute atomic E-state index is 0.00489. The van der Waals surface area contributed by atoms with Gasteiger partial charge in [0.2, 0.25) is 11.8 Å². The first kappa shape index (κ1) is 22.5. The maximum atomic E-state index is 12.6. The van der Waals surface area contributed by atoms with Crippen LogP contribution in [0.2, 0.25) is 0 Å². The van der Waals surface area contributed by atoms with Crippen molar-refractivity contribution < 1.29 is 14.7 Å². The Morgan fingerprint density at radius 3 is 2.81 bits per heavy atom. The van der Waals surface area contributed by atoms with E-state index in [0.717, 1.165) is 36.6 Å². The van der Waals surface area contributed by atoms with Gasteiger partial charge >= 0.3 is 0 Å². The first-order valence-corrected chi connectivity index (χ1v) is 10.6. The van der Waals surface area contributed by atoms with Crippen molar-refractivity contribution in [2.24, 2.45) is 10.9 Å². The topological polar surface area (TPSA) is 147 Å². The Balaban J connectivity index is 1.88. The van der Waals surface area contributed by atoms with Crippen molar-refractivity contribution in [2.45, 2.75) is 51.1 Å². The van der Waals surface area contributed by atoms with Crippen molar-refractivity contribution in [3.8, 4) is 0 Å². The number of benzene rings is 1. The Hall–Kier alpha value is -3.14. The van der Waals surface area contributed by atoms with Crippen molar-refractivity contribution >= 4 is 28.6 Å². The molecule has 0 saturated heterocycles. The Morgan fingerprint density at radius 2 is 2.06 bits per heavy atom. The number of nitrogens with zero attached hydrogens (tertiary/aromatic N) is 3. The number of fused-ring (bicyclic) bond motifs is 1. The van der Waals surface area contributed by atoms with Gasteiger partial charge in [-0.15, -0.1) is 0 Å². The van der Waals surface area contributed by atoms with Crippen molar-refractivity contribution in [1.29, 1.82) is 0 Å². The summed E-state index contributed by atoms with van der Waals surface area (Å²) in [5, 5.41) is 22.2. The molecule has 10 heteroatoms. The van der Waals surface area contributed by atoms with Crippen LogP contribution in [0.25, 0.3) is 10.9 Å². The third-order valence-electron chi connectivity index (χ3n) is 5.39. The second-order valence-electron chi connectivity index (χ2n) is 7.79. The number of carbonyl (C=O) groups excluding carboxylic acids is 1. The second-order valence-corrected chi connectivity index (χ2v) is 7.79. The number of oxime groups is 1. The van der Waals surface area contributed by atoms with E-state index in [1.54, 1.807) is 7.11 Å². The zero-order valence-electron chi connectivity index (χ0n) is 18.0. The van der Waals surface area contributed by atoms with Crippen molar-refractivity contribution in [2.75, 3.05) is 25.6 Å². The molecule has 1 amide bonds. The van der Waals surface area contributed by atoms with Gasteiger partial charge in [-0.1, -0.05) is 29.6 Å². The summed E-state index contributed by atoms with van der Waals surface area (Å²) in [5.74, 6) is 0.386. The van der Waals surface area contributed by atoms with Crippen LogP contribution in [0.4, 0.5) is 5.82 Å². The standard InChI is InChI=1S/C21H31N7O3/c1-13-8-9-15-14(12-13)18(27-19(24-15)20(29)23-10-5-11-31-2)25-16-6-3-4-7-17(16)26-21(22)28-30/h8-9,12,16-17,30H,3-7,10-11H2,1-2H3,(H,23,29)(H3,22,26,28)(H,24,25,27)/t16-,17+/m0/s1. The molecule has 31 heavy (non-hydrogen) atoms. The van der Waals surface area contributed by atoms with Crippen LogP contribution in [0.3, 0.4) is 0 Å². The first-order chi connectivity index (χ1) is 15.0. The molecule has 168 valence electrons. The zero-order valence-corrected chi connectivity index (χ0v) is 18.0. The van der Waals surface area contributed by atoms with Crippen LogP contribution >= 0.6 is 0 Å². The zero-order chi connectivity index (χ0) is 22.2. The molecule has 1 saturated carbocycles. The molecule has 0 aliphatic heterocycles. The van der Waals surface area contributed by atoms with Crippen molar-refractivity contribution in [3.05, 3.63) is 29.6 Å². The number of aryl methyl sites for hydroxylation is 1. The fourth-order valence-corrected chi connectivity index (χ4v) is 3.82. The van der Waals surface area contributed by atoms with Gasteiger partial charge in [-0.2, -0.15) is 0 Å². The van der Waals surface area contributed by atoms with Crippen LogP contribution in [-0.2, 0) is 4.74 Å². The molecule has 1 aromatic heterocycles. The lowest BCUT2D eigenvalue weighted by Crippen LogP contribution is -2.51. The molecule has 1 aliphatic rings. The van der Waals surface area contributed by atoms with Crippen LogP contribution < -0.4 is 21.7 Å². The Bertz CT molecular complexity index is 935. The number of hydrogen-bond donors (Lipinski definition) is 5. The predicted octanol–water partition coefficient (Wildman–Crippen LogP) is 1.72. The van der Waals surface area contributed by atoms with Gasteiger partial charge in [0.25, 0.3) is 5.91 Å². The van der Waals surface area contributed by atoms with Gasteiger partial charge in [0, 0.05) is 37.7 Å². The monoisotopic (exact) mass is 429 g/mol. The predicted molar refractivity (Wildman–Crippen MR) is 119 cm³/mol. The van der Waals surface area contributed by atoms with E-state index in [2.05, 4.69) is 31.1 Å². The lowest BCUT2D eigenvalue weighted by Gasteiger charge is -2.33. The van der Waals surface area contributed by atoms with Gasteiger partial charge in [0.15, 0.2) is 0 Å². The van der Waals surface area contributed by atoms with E-state index in [-0.39, 0.29) is 29.8 Å². The summed E-state index contributed by atoms with van der Waals surface area (Å²) in [6, 6.07) is 5.85. The highest BCUT2D eigenvalue weighted by molar-refractivity contribution is 5.96. The van der Waals surface area contributed by atoms with E-state index < -0.39 is 0 Å². The summed E-state index contributed by atoms with van der Waals surface area (Å²) in [4.78, 5) is 21.7. The molecule has 0 bridgehead atoms. The summed E-state index contributed by atoms with van der Waals surface area (Å²) < 4.78 is 5.02.